The third kappa shape index (κ3) is 3.21. The first kappa shape index (κ1) is 15.2. The number of aliphatic hydroxyl groups is 1. The number of halogens is 1. The van der Waals surface area contributed by atoms with Crippen molar-refractivity contribution in [3.8, 4) is 11.5 Å². The van der Waals surface area contributed by atoms with Gasteiger partial charge in [0.15, 0.2) is 11.5 Å². The fraction of sp³-hybridized carbons (Fsp3) is 0.333. The Labute approximate surface area is 135 Å². The van der Waals surface area contributed by atoms with E-state index < -0.39 is 6.10 Å². The fourth-order valence-electron chi connectivity index (χ4n) is 2.35. The maximum absolute atomic E-state index is 10.5. The first-order valence-corrected chi connectivity index (χ1v) is 7.65. The van der Waals surface area contributed by atoms with Crippen molar-refractivity contribution >= 4 is 11.6 Å². The van der Waals surface area contributed by atoms with Gasteiger partial charge in [-0.1, -0.05) is 43.6 Å². The van der Waals surface area contributed by atoms with Crippen LogP contribution < -0.4 is 9.47 Å². The maximum atomic E-state index is 10.5. The van der Waals surface area contributed by atoms with Crippen LogP contribution in [0.15, 0.2) is 42.5 Å². The topological polar surface area (TPSA) is 38.7 Å². The smallest absolute Gasteiger partial charge is 0.161 e. The summed E-state index contributed by atoms with van der Waals surface area (Å²) in [6, 6.07) is 12.7. The minimum absolute atomic E-state index is 0.0338. The summed E-state index contributed by atoms with van der Waals surface area (Å²) in [5.74, 6) is 1.40. The average molecular weight is 319 g/mol. The van der Waals surface area contributed by atoms with E-state index in [2.05, 4.69) is 13.8 Å². The van der Waals surface area contributed by atoms with E-state index in [4.69, 9.17) is 21.1 Å². The van der Waals surface area contributed by atoms with Gasteiger partial charge in [0.2, 0.25) is 0 Å². The van der Waals surface area contributed by atoms with E-state index in [0.717, 1.165) is 16.9 Å². The lowest BCUT2D eigenvalue weighted by molar-refractivity contribution is 0.140. The van der Waals surface area contributed by atoms with Gasteiger partial charge in [0, 0.05) is 10.4 Å². The molecule has 3 nitrogen and oxygen atoms in total. The molecule has 4 heteroatoms. The Morgan fingerprint density at radius 1 is 0.955 bits per heavy atom. The third-order valence-corrected chi connectivity index (χ3v) is 3.96. The van der Waals surface area contributed by atoms with Crippen LogP contribution >= 0.6 is 11.6 Å². The highest BCUT2D eigenvalue weighted by Crippen LogP contribution is 2.36. The summed E-state index contributed by atoms with van der Waals surface area (Å²) in [5.41, 5.74) is 1.53. The zero-order valence-electron chi connectivity index (χ0n) is 12.7. The SMILES string of the molecule is CC1(C)COc2ccc([C@@H](O)c3ccc(Cl)cc3)cc2OC1. The normalized spacial score (nSPS) is 17.6. The number of hydrogen-bond acceptors (Lipinski definition) is 3. The molecule has 1 heterocycles. The van der Waals surface area contributed by atoms with E-state index in [0.29, 0.717) is 24.0 Å². The Bertz CT molecular complexity index is 665. The molecule has 1 N–H and O–H groups in total. The first-order valence-electron chi connectivity index (χ1n) is 7.28. The molecule has 22 heavy (non-hydrogen) atoms. The van der Waals surface area contributed by atoms with Crippen LogP contribution in [0.1, 0.15) is 31.1 Å². The average Bonchev–Trinajstić information content (AvgIpc) is 2.66. The molecule has 1 aliphatic heterocycles. The molecule has 1 aliphatic rings. The largest absolute Gasteiger partial charge is 0.489 e. The number of benzene rings is 2. The Hall–Kier alpha value is -1.71. The molecule has 0 aliphatic carbocycles. The second-order valence-corrected chi connectivity index (χ2v) is 6.84. The fourth-order valence-corrected chi connectivity index (χ4v) is 2.48. The van der Waals surface area contributed by atoms with Gasteiger partial charge in [0.05, 0.1) is 13.2 Å². The summed E-state index contributed by atoms with van der Waals surface area (Å²) < 4.78 is 11.6. The summed E-state index contributed by atoms with van der Waals surface area (Å²) in [5, 5.41) is 11.2. The molecule has 1 atom stereocenters. The predicted octanol–water partition coefficient (Wildman–Crippen LogP) is 4.22. The highest BCUT2D eigenvalue weighted by molar-refractivity contribution is 6.30. The van der Waals surface area contributed by atoms with Crippen molar-refractivity contribution in [1.82, 2.24) is 0 Å². The van der Waals surface area contributed by atoms with Gasteiger partial charge in [0.25, 0.3) is 0 Å². The second kappa shape index (κ2) is 5.82. The molecule has 0 saturated heterocycles. The maximum Gasteiger partial charge on any atom is 0.161 e. The minimum Gasteiger partial charge on any atom is -0.489 e. The third-order valence-electron chi connectivity index (χ3n) is 3.71. The number of rotatable bonds is 2. The van der Waals surface area contributed by atoms with Crippen molar-refractivity contribution in [3.05, 3.63) is 58.6 Å². The Morgan fingerprint density at radius 3 is 2.23 bits per heavy atom. The van der Waals surface area contributed by atoms with E-state index >= 15 is 0 Å². The molecule has 0 unspecified atom stereocenters. The second-order valence-electron chi connectivity index (χ2n) is 6.40. The number of aliphatic hydroxyl groups excluding tert-OH is 1. The van der Waals surface area contributed by atoms with Crippen LogP contribution in [0.5, 0.6) is 11.5 Å². The molecule has 0 spiro atoms. The van der Waals surface area contributed by atoms with Crippen molar-refractivity contribution in [3.63, 3.8) is 0 Å². The van der Waals surface area contributed by atoms with Gasteiger partial charge in [-0.3, -0.25) is 0 Å². The lowest BCUT2D eigenvalue weighted by Crippen LogP contribution is -2.26. The van der Waals surface area contributed by atoms with E-state index in [9.17, 15) is 5.11 Å². The van der Waals surface area contributed by atoms with Crippen molar-refractivity contribution < 1.29 is 14.6 Å². The molecule has 2 aromatic rings. The monoisotopic (exact) mass is 318 g/mol. The lowest BCUT2D eigenvalue weighted by atomic mass is 9.97. The number of ether oxygens (including phenoxy) is 2. The van der Waals surface area contributed by atoms with Crippen molar-refractivity contribution in [2.24, 2.45) is 5.41 Å². The molecule has 0 saturated carbocycles. The molecule has 0 bridgehead atoms. The molecule has 0 radical (unpaired) electrons. The number of fused-ring (bicyclic) bond motifs is 1. The summed E-state index contributed by atoms with van der Waals surface area (Å²) in [7, 11) is 0. The zero-order chi connectivity index (χ0) is 15.7. The Kier molecular flexibility index (Phi) is 4.02. The van der Waals surface area contributed by atoms with Crippen LogP contribution in [0, 0.1) is 5.41 Å². The summed E-state index contributed by atoms with van der Waals surface area (Å²) in [6.07, 6.45) is -0.720. The summed E-state index contributed by atoms with van der Waals surface area (Å²) in [6.45, 7) is 5.39. The van der Waals surface area contributed by atoms with E-state index in [-0.39, 0.29) is 5.41 Å². The standard InChI is InChI=1S/C18H19ClO3/c1-18(2)10-21-15-8-5-13(9-16(15)22-11-18)17(20)12-3-6-14(19)7-4-12/h3-9,17,20H,10-11H2,1-2H3/t17-/m0/s1. The molecule has 3 rings (SSSR count). The molecular formula is C18H19ClO3. The van der Waals surface area contributed by atoms with Gasteiger partial charge in [-0.15, -0.1) is 0 Å². The van der Waals surface area contributed by atoms with Gasteiger partial charge >= 0.3 is 0 Å². The van der Waals surface area contributed by atoms with Gasteiger partial charge in [0.1, 0.15) is 6.10 Å². The molecule has 0 aromatic heterocycles. The van der Waals surface area contributed by atoms with Crippen LogP contribution in [-0.4, -0.2) is 18.3 Å². The molecule has 2 aromatic carbocycles. The highest BCUT2D eigenvalue weighted by Gasteiger charge is 2.25. The first-order chi connectivity index (χ1) is 10.4. The zero-order valence-corrected chi connectivity index (χ0v) is 13.4. The quantitative estimate of drug-likeness (QED) is 0.901. The van der Waals surface area contributed by atoms with Crippen LogP contribution in [0.2, 0.25) is 5.02 Å². The van der Waals surface area contributed by atoms with E-state index in [1.165, 1.54) is 0 Å². The molecule has 0 fully saturated rings. The summed E-state index contributed by atoms with van der Waals surface area (Å²) in [4.78, 5) is 0. The highest BCUT2D eigenvalue weighted by atomic mass is 35.5. The van der Waals surface area contributed by atoms with Gasteiger partial charge < -0.3 is 14.6 Å². The van der Waals surface area contributed by atoms with E-state index in [1.807, 2.05) is 30.3 Å². The number of hydrogen-bond donors (Lipinski definition) is 1. The predicted molar refractivity (Wildman–Crippen MR) is 86.7 cm³/mol. The van der Waals surface area contributed by atoms with Crippen molar-refractivity contribution in [2.75, 3.05) is 13.2 Å². The van der Waals surface area contributed by atoms with Crippen LogP contribution in [0.25, 0.3) is 0 Å². The van der Waals surface area contributed by atoms with Gasteiger partial charge in [-0.25, -0.2) is 0 Å². The van der Waals surface area contributed by atoms with Crippen LogP contribution in [-0.2, 0) is 0 Å². The minimum atomic E-state index is -0.720. The lowest BCUT2D eigenvalue weighted by Gasteiger charge is -2.19. The Morgan fingerprint density at radius 2 is 1.55 bits per heavy atom. The van der Waals surface area contributed by atoms with Crippen molar-refractivity contribution in [1.29, 1.82) is 0 Å². The molecule has 116 valence electrons. The van der Waals surface area contributed by atoms with Crippen molar-refractivity contribution in [2.45, 2.75) is 20.0 Å². The van der Waals surface area contributed by atoms with Crippen LogP contribution in [0.3, 0.4) is 0 Å². The molecular weight excluding hydrogens is 300 g/mol. The van der Waals surface area contributed by atoms with Gasteiger partial charge in [-0.2, -0.15) is 0 Å². The summed E-state index contributed by atoms with van der Waals surface area (Å²) >= 11 is 5.88. The van der Waals surface area contributed by atoms with Gasteiger partial charge in [-0.05, 0) is 35.4 Å². The van der Waals surface area contributed by atoms with Crippen LogP contribution in [0.4, 0.5) is 0 Å². The van der Waals surface area contributed by atoms with E-state index in [1.54, 1.807) is 12.1 Å². The Balaban J connectivity index is 1.87. The molecule has 0 amide bonds.